The maximum atomic E-state index is 11.7. The summed E-state index contributed by atoms with van der Waals surface area (Å²) in [4.78, 5) is 29.6. The largest absolute Gasteiger partial charge is 0.375 e. The normalized spacial score (nSPS) is 15.2. The van der Waals surface area contributed by atoms with E-state index < -0.39 is 4.92 Å². The van der Waals surface area contributed by atoms with Crippen molar-refractivity contribution >= 4 is 17.4 Å². The molecule has 2 rings (SSSR count). The first kappa shape index (κ1) is 14.2. The van der Waals surface area contributed by atoms with Crippen molar-refractivity contribution in [2.24, 2.45) is 0 Å². The number of rotatable bonds is 4. The van der Waals surface area contributed by atoms with Gasteiger partial charge in [-0.3, -0.25) is 14.9 Å². The zero-order chi connectivity index (χ0) is 14.5. The number of anilines is 1. The lowest BCUT2D eigenvalue weighted by Gasteiger charge is -2.35. The molecule has 1 aliphatic heterocycles. The summed E-state index contributed by atoms with van der Waals surface area (Å²) in [6, 6.07) is 3.07. The number of ether oxygens (including phenoxy) is 1. The zero-order valence-electron chi connectivity index (χ0n) is 11.2. The number of nitro groups is 1. The molecule has 1 aliphatic rings. The number of aromatic nitrogens is 1. The number of piperazine rings is 1. The summed E-state index contributed by atoms with van der Waals surface area (Å²) >= 11 is 0. The topological polar surface area (TPSA) is 88.8 Å². The third kappa shape index (κ3) is 3.21. The highest BCUT2D eigenvalue weighted by Gasteiger charge is 2.21. The first-order valence-corrected chi connectivity index (χ1v) is 6.24. The van der Waals surface area contributed by atoms with Gasteiger partial charge in [-0.05, 0) is 6.07 Å². The van der Waals surface area contributed by atoms with Crippen molar-refractivity contribution in [1.82, 2.24) is 9.88 Å². The molecule has 0 radical (unpaired) electrons. The molecule has 0 unspecified atom stereocenters. The van der Waals surface area contributed by atoms with E-state index in [1.807, 2.05) is 4.90 Å². The molecule has 0 aromatic carbocycles. The summed E-state index contributed by atoms with van der Waals surface area (Å²) in [6.07, 6.45) is 1.25. The Morgan fingerprint density at radius 1 is 1.40 bits per heavy atom. The van der Waals surface area contributed by atoms with Gasteiger partial charge in [-0.2, -0.15) is 0 Å². The van der Waals surface area contributed by atoms with Crippen LogP contribution in [0.4, 0.5) is 11.5 Å². The third-order valence-corrected chi connectivity index (χ3v) is 3.17. The number of nitrogens with zero attached hydrogens (tertiary/aromatic N) is 4. The monoisotopic (exact) mass is 280 g/mol. The van der Waals surface area contributed by atoms with Crippen molar-refractivity contribution in [3.8, 4) is 0 Å². The van der Waals surface area contributed by atoms with Crippen LogP contribution >= 0.6 is 0 Å². The molecular formula is C12H16N4O4. The predicted molar refractivity (Wildman–Crippen MR) is 71.6 cm³/mol. The number of carbonyl (C=O) groups excluding carboxylic acids is 1. The van der Waals surface area contributed by atoms with Crippen molar-refractivity contribution in [3.05, 3.63) is 28.4 Å². The molecule has 8 heteroatoms. The smallest absolute Gasteiger partial charge is 0.287 e. The number of hydrogen-bond acceptors (Lipinski definition) is 6. The van der Waals surface area contributed by atoms with Crippen molar-refractivity contribution in [3.63, 3.8) is 0 Å². The van der Waals surface area contributed by atoms with Crippen LogP contribution in [0.2, 0.25) is 0 Å². The van der Waals surface area contributed by atoms with Gasteiger partial charge in [-0.25, -0.2) is 4.98 Å². The number of pyridine rings is 1. The maximum absolute atomic E-state index is 11.7. The summed E-state index contributed by atoms with van der Waals surface area (Å²) in [5.41, 5.74) is -0.0253. The molecule has 0 atom stereocenters. The predicted octanol–water partition coefficient (Wildman–Crippen LogP) is 0.285. The Kier molecular flexibility index (Phi) is 4.46. The average molecular weight is 280 g/mol. The Morgan fingerprint density at radius 2 is 2.10 bits per heavy atom. The van der Waals surface area contributed by atoms with Gasteiger partial charge in [0.25, 0.3) is 5.69 Å². The fourth-order valence-electron chi connectivity index (χ4n) is 2.07. The fraction of sp³-hybridized carbons (Fsp3) is 0.500. The molecule has 20 heavy (non-hydrogen) atoms. The molecule has 8 nitrogen and oxygen atoms in total. The Bertz CT molecular complexity index is 483. The van der Waals surface area contributed by atoms with Crippen LogP contribution in [0.25, 0.3) is 0 Å². The molecule has 108 valence electrons. The van der Waals surface area contributed by atoms with Crippen molar-refractivity contribution in [1.29, 1.82) is 0 Å². The van der Waals surface area contributed by atoms with Gasteiger partial charge < -0.3 is 14.5 Å². The van der Waals surface area contributed by atoms with Gasteiger partial charge in [0.05, 0.1) is 4.92 Å². The number of hydrogen-bond donors (Lipinski definition) is 0. The molecule has 0 aliphatic carbocycles. The summed E-state index contributed by atoms with van der Waals surface area (Å²) in [7, 11) is 1.49. The first-order valence-electron chi connectivity index (χ1n) is 6.24. The standard InChI is InChI=1S/C12H16N4O4/c1-20-9-12(17)15-6-4-14(5-7-15)11-3-2-10(8-13-11)16(18)19/h2-3,8H,4-7,9H2,1H3. The van der Waals surface area contributed by atoms with Crippen molar-refractivity contribution in [2.75, 3.05) is 44.8 Å². The molecule has 1 saturated heterocycles. The SMILES string of the molecule is COCC(=O)N1CCN(c2ccc([N+](=O)[O-])cn2)CC1. The van der Waals surface area contributed by atoms with Crippen molar-refractivity contribution in [2.45, 2.75) is 0 Å². The van der Waals surface area contributed by atoms with Gasteiger partial charge in [-0.15, -0.1) is 0 Å². The second-order valence-corrected chi connectivity index (χ2v) is 4.43. The van der Waals surface area contributed by atoms with Crippen LogP contribution in [0, 0.1) is 10.1 Å². The van der Waals surface area contributed by atoms with E-state index >= 15 is 0 Å². The van der Waals surface area contributed by atoms with E-state index in [0.717, 1.165) is 0 Å². The lowest BCUT2D eigenvalue weighted by Crippen LogP contribution is -2.49. The van der Waals surface area contributed by atoms with E-state index in [4.69, 9.17) is 4.74 Å². The van der Waals surface area contributed by atoms with E-state index in [0.29, 0.717) is 32.0 Å². The molecular weight excluding hydrogens is 264 g/mol. The Balaban J connectivity index is 1.93. The van der Waals surface area contributed by atoms with E-state index in [1.54, 1.807) is 11.0 Å². The van der Waals surface area contributed by atoms with Crippen molar-refractivity contribution < 1.29 is 14.5 Å². The minimum absolute atomic E-state index is 0.0243. The summed E-state index contributed by atoms with van der Waals surface area (Å²) in [6.45, 7) is 2.60. The fourth-order valence-corrected chi connectivity index (χ4v) is 2.07. The van der Waals surface area contributed by atoms with Gasteiger partial charge in [0, 0.05) is 39.4 Å². The first-order chi connectivity index (χ1) is 9.61. The van der Waals surface area contributed by atoms with Gasteiger partial charge in [0.1, 0.15) is 18.6 Å². The zero-order valence-corrected chi connectivity index (χ0v) is 11.2. The van der Waals surface area contributed by atoms with Gasteiger partial charge in [0.15, 0.2) is 0 Å². The van der Waals surface area contributed by atoms with Crippen LogP contribution in [-0.4, -0.2) is 60.6 Å². The molecule has 0 spiro atoms. The summed E-state index contributed by atoms with van der Waals surface area (Å²) in [5.74, 6) is 0.665. The number of carbonyl (C=O) groups is 1. The number of amides is 1. The maximum Gasteiger partial charge on any atom is 0.287 e. The van der Waals surface area contributed by atoms with Gasteiger partial charge in [0.2, 0.25) is 5.91 Å². The van der Waals surface area contributed by atoms with E-state index in [9.17, 15) is 14.9 Å². The summed E-state index contributed by atoms with van der Waals surface area (Å²) < 4.78 is 4.82. The lowest BCUT2D eigenvalue weighted by atomic mass is 10.3. The third-order valence-electron chi connectivity index (χ3n) is 3.17. The molecule has 0 bridgehead atoms. The lowest BCUT2D eigenvalue weighted by molar-refractivity contribution is -0.385. The Hall–Kier alpha value is -2.22. The van der Waals surface area contributed by atoms with Crippen LogP contribution in [0.3, 0.4) is 0 Å². The van der Waals surface area contributed by atoms with Crippen LogP contribution in [0.5, 0.6) is 0 Å². The molecule has 1 amide bonds. The average Bonchev–Trinajstić information content (AvgIpc) is 2.48. The number of methoxy groups -OCH3 is 1. The van der Waals surface area contributed by atoms with E-state index in [2.05, 4.69) is 4.98 Å². The minimum Gasteiger partial charge on any atom is -0.375 e. The second kappa shape index (κ2) is 6.29. The highest BCUT2D eigenvalue weighted by Crippen LogP contribution is 2.17. The quantitative estimate of drug-likeness (QED) is 0.581. The van der Waals surface area contributed by atoms with Gasteiger partial charge >= 0.3 is 0 Å². The molecule has 1 aromatic rings. The van der Waals surface area contributed by atoms with E-state index in [-0.39, 0.29) is 18.2 Å². The van der Waals surface area contributed by atoms with E-state index in [1.165, 1.54) is 19.4 Å². The molecule has 0 N–H and O–H groups in total. The van der Waals surface area contributed by atoms with Crippen LogP contribution < -0.4 is 4.90 Å². The minimum atomic E-state index is -0.474. The molecule has 1 fully saturated rings. The second-order valence-electron chi connectivity index (χ2n) is 4.43. The van der Waals surface area contributed by atoms with Gasteiger partial charge in [-0.1, -0.05) is 0 Å². The van der Waals surface area contributed by atoms with Crippen LogP contribution in [0.1, 0.15) is 0 Å². The Morgan fingerprint density at radius 3 is 2.60 bits per heavy atom. The molecule has 1 aromatic heterocycles. The Labute approximate surface area is 116 Å². The highest BCUT2D eigenvalue weighted by atomic mass is 16.6. The van der Waals surface area contributed by atoms with Crippen LogP contribution in [-0.2, 0) is 9.53 Å². The summed E-state index contributed by atoms with van der Waals surface area (Å²) in [5, 5.41) is 10.6. The highest BCUT2D eigenvalue weighted by molar-refractivity contribution is 5.77. The molecule has 0 saturated carbocycles. The van der Waals surface area contributed by atoms with Crippen LogP contribution in [0.15, 0.2) is 18.3 Å². The molecule has 2 heterocycles.